The molecule has 0 atom stereocenters. The second-order valence-corrected chi connectivity index (χ2v) is 6.40. The SMILES string of the molecule is CCOc1cccc(C=NCc2ccc(CN3CCCC3)cc2)c1O. The van der Waals surface area contributed by atoms with Crippen LogP contribution in [0.1, 0.15) is 36.5 Å². The van der Waals surface area contributed by atoms with Crippen molar-refractivity contribution in [3.05, 3.63) is 59.2 Å². The van der Waals surface area contributed by atoms with Crippen molar-refractivity contribution in [3.63, 3.8) is 0 Å². The van der Waals surface area contributed by atoms with E-state index < -0.39 is 0 Å². The van der Waals surface area contributed by atoms with Gasteiger partial charge < -0.3 is 9.84 Å². The van der Waals surface area contributed by atoms with Gasteiger partial charge in [-0.2, -0.15) is 0 Å². The first-order valence-corrected chi connectivity index (χ1v) is 9.01. The molecule has 1 aliphatic heterocycles. The van der Waals surface area contributed by atoms with Gasteiger partial charge in [-0.05, 0) is 56.1 Å². The first-order valence-electron chi connectivity index (χ1n) is 9.01. The highest BCUT2D eigenvalue weighted by molar-refractivity contribution is 5.84. The highest BCUT2D eigenvalue weighted by atomic mass is 16.5. The average Bonchev–Trinajstić information content (AvgIpc) is 3.13. The van der Waals surface area contributed by atoms with E-state index in [9.17, 15) is 5.11 Å². The number of likely N-dealkylation sites (tertiary alicyclic amines) is 1. The second-order valence-electron chi connectivity index (χ2n) is 6.40. The monoisotopic (exact) mass is 338 g/mol. The molecule has 1 N–H and O–H groups in total. The molecule has 1 fully saturated rings. The van der Waals surface area contributed by atoms with Gasteiger partial charge in [-0.25, -0.2) is 0 Å². The van der Waals surface area contributed by atoms with Gasteiger partial charge in [0.05, 0.1) is 13.2 Å². The van der Waals surface area contributed by atoms with Crippen molar-refractivity contribution < 1.29 is 9.84 Å². The minimum absolute atomic E-state index is 0.147. The van der Waals surface area contributed by atoms with E-state index in [0.717, 1.165) is 6.54 Å². The molecule has 0 unspecified atom stereocenters. The number of phenols is 1. The van der Waals surface area contributed by atoms with E-state index in [2.05, 4.69) is 34.2 Å². The summed E-state index contributed by atoms with van der Waals surface area (Å²) in [4.78, 5) is 6.96. The van der Waals surface area contributed by atoms with Crippen molar-refractivity contribution in [1.82, 2.24) is 4.90 Å². The molecule has 25 heavy (non-hydrogen) atoms. The minimum atomic E-state index is 0.147. The summed E-state index contributed by atoms with van der Waals surface area (Å²) >= 11 is 0. The zero-order valence-electron chi connectivity index (χ0n) is 14.8. The Balaban J connectivity index is 1.57. The van der Waals surface area contributed by atoms with E-state index in [-0.39, 0.29) is 5.75 Å². The number of hydrogen-bond donors (Lipinski definition) is 1. The molecule has 0 saturated carbocycles. The molecule has 0 bridgehead atoms. The first kappa shape index (κ1) is 17.5. The third-order valence-electron chi connectivity index (χ3n) is 4.46. The number of aromatic hydroxyl groups is 1. The lowest BCUT2D eigenvalue weighted by atomic mass is 10.1. The molecule has 1 heterocycles. The van der Waals surface area contributed by atoms with E-state index in [4.69, 9.17) is 4.74 Å². The highest BCUT2D eigenvalue weighted by Crippen LogP contribution is 2.28. The Bertz CT molecular complexity index is 704. The molecule has 4 nitrogen and oxygen atoms in total. The van der Waals surface area contributed by atoms with Crippen LogP contribution in [0.3, 0.4) is 0 Å². The Morgan fingerprint density at radius 2 is 1.80 bits per heavy atom. The third kappa shape index (κ3) is 4.83. The van der Waals surface area contributed by atoms with Crippen molar-refractivity contribution in [2.24, 2.45) is 4.99 Å². The van der Waals surface area contributed by atoms with Gasteiger partial charge in [-0.3, -0.25) is 9.89 Å². The molecular weight excluding hydrogens is 312 g/mol. The van der Waals surface area contributed by atoms with Crippen LogP contribution in [-0.4, -0.2) is 35.9 Å². The molecule has 132 valence electrons. The smallest absolute Gasteiger partial charge is 0.166 e. The summed E-state index contributed by atoms with van der Waals surface area (Å²) in [7, 11) is 0. The maximum Gasteiger partial charge on any atom is 0.166 e. The van der Waals surface area contributed by atoms with Crippen molar-refractivity contribution in [2.45, 2.75) is 32.9 Å². The predicted octanol–water partition coefficient (Wildman–Crippen LogP) is 4.01. The summed E-state index contributed by atoms with van der Waals surface area (Å²) in [5, 5.41) is 10.2. The highest BCUT2D eigenvalue weighted by Gasteiger charge is 2.11. The Morgan fingerprint density at radius 1 is 1.08 bits per heavy atom. The van der Waals surface area contributed by atoms with Crippen LogP contribution >= 0.6 is 0 Å². The van der Waals surface area contributed by atoms with Gasteiger partial charge in [-0.1, -0.05) is 30.3 Å². The molecule has 0 amide bonds. The van der Waals surface area contributed by atoms with E-state index in [1.165, 1.54) is 37.1 Å². The number of benzene rings is 2. The van der Waals surface area contributed by atoms with Crippen LogP contribution in [0.2, 0.25) is 0 Å². The van der Waals surface area contributed by atoms with Gasteiger partial charge in [-0.15, -0.1) is 0 Å². The molecule has 4 heteroatoms. The lowest BCUT2D eigenvalue weighted by Gasteiger charge is -2.14. The summed E-state index contributed by atoms with van der Waals surface area (Å²) in [5.41, 5.74) is 3.20. The third-order valence-corrected chi connectivity index (χ3v) is 4.46. The zero-order chi connectivity index (χ0) is 17.5. The summed E-state index contributed by atoms with van der Waals surface area (Å²) in [6.07, 6.45) is 4.35. The molecule has 2 aromatic carbocycles. The Morgan fingerprint density at radius 3 is 2.52 bits per heavy atom. The van der Waals surface area contributed by atoms with Crippen LogP contribution in [0, 0.1) is 0 Å². The maximum atomic E-state index is 10.2. The number of ether oxygens (including phenoxy) is 1. The molecule has 0 aliphatic carbocycles. The van der Waals surface area contributed by atoms with Gasteiger partial charge in [0.2, 0.25) is 0 Å². The number of rotatable bonds is 7. The fourth-order valence-electron chi connectivity index (χ4n) is 3.11. The van der Waals surface area contributed by atoms with Crippen LogP contribution in [0.4, 0.5) is 0 Å². The van der Waals surface area contributed by atoms with Gasteiger partial charge >= 0.3 is 0 Å². The van der Waals surface area contributed by atoms with Crippen LogP contribution < -0.4 is 4.74 Å². The standard InChI is InChI=1S/C21H26N2O2/c1-2-25-20-7-5-6-19(21(20)24)15-22-14-17-8-10-18(11-9-17)16-23-12-3-4-13-23/h5-11,15,24H,2-4,12-14,16H2,1H3. The van der Waals surface area contributed by atoms with Crippen LogP contribution in [0.15, 0.2) is 47.5 Å². The Kier molecular flexibility index (Phi) is 6.07. The van der Waals surface area contributed by atoms with E-state index in [0.29, 0.717) is 24.5 Å². The topological polar surface area (TPSA) is 45.1 Å². The molecule has 0 radical (unpaired) electrons. The average molecular weight is 338 g/mol. The number of hydrogen-bond acceptors (Lipinski definition) is 4. The number of aliphatic imine (C=N–C) groups is 1. The number of nitrogens with zero attached hydrogens (tertiary/aromatic N) is 2. The van der Waals surface area contributed by atoms with Gasteiger partial charge in [0.25, 0.3) is 0 Å². The second kappa shape index (κ2) is 8.67. The quantitative estimate of drug-likeness (QED) is 0.776. The van der Waals surface area contributed by atoms with Gasteiger partial charge in [0.1, 0.15) is 0 Å². The summed E-state index contributed by atoms with van der Waals surface area (Å²) in [5.74, 6) is 0.645. The molecular formula is C21H26N2O2. The Hall–Kier alpha value is -2.33. The molecule has 2 aromatic rings. The maximum absolute atomic E-state index is 10.2. The number of para-hydroxylation sites is 1. The fourth-order valence-corrected chi connectivity index (χ4v) is 3.11. The van der Waals surface area contributed by atoms with Gasteiger partial charge in [0, 0.05) is 18.3 Å². The predicted molar refractivity (Wildman–Crippen MR) is 102 cm³/mol. The molecule has 1 saturated heterocycles. The van der Waals surface area contributed by atoms with Gasteiger partial charge in [0.15, 0.2) is 11.5 Å². The first-order chi connectivity index (χ1) is 12.3. The van der Waals surface area contributed by atoms with Crippen molar-refractivity contribution in [2.75, 3.05) is 19.7 Å². The van der Waals surface area contributed by atoms with E-state index in [1.807, 2.05) is 19.1 Å². The summed E-state index contributed by atoms with van der Waals surface area (Å²) in [6, 6.07) is 14.1. The fraction of sp³-hybridized carbons (Fsp3) is 0.381. The van der Waals surface area contributed by atoms with E-state index in [1.54, 1.807) is 12.3 Å². The Labute approximate surface area is 149 Å². The summed E-state index contributed by atoms with van der Waals surface area (Å²) in [6.45, 7) is 6.50. The van der Waals surface area contributed by atoms with E-state index >= 15 is 0 Å². The lowest BCUT2D eigenvalue weighted by molar-refractivity contribution is 0.318. The van der Waals surface area contributed by atoms with Crippen LogP contribution in [0.5, 0.6) is 11.5 Å². The van der Waals surface area contributed by atoms with Crippen molar-refractivity contribution >= 4 is 6.21 Å². The lowest BCUT2D eigenvalue weighted by Crippen LogP contribution is -2.18. The van der Waals surface area contributed by atoms with Crippen molar-refractivity contribution in [1.29, 1.82) is 0 Å². The normalized spacial score (nSPS) is 15.1. The van der Waals surface area contributed by atoms with Crippen LogP contribution in [-0.2, 0) is 13.1 Å². The zero-order valence-corrected chi connectivity index (χ0v) is 14.8. The van der Waals surface area contributed by atoms with Crippen molar-refractivity contribution in [3.8, 4) is 11.5 Å². The minimum Gasteiger partial charge on any atom is -0.504 e. The molecule has 0 spiro atoms. The number of phenolic OH excluding ortho intramolecular Hbond substituents is 1. The molecule has 0 aromatic heterocycles. The summed E-state index contributed by atoms with van der Waals surface area (Å²) < 4.78 is 5.39. The molecule has 3 rings (SSSR count). The largest absolute Gasteiger partial charge is 0.504 e. The molecule has 1 aliphatic rings. The van der Waals surface area contributed by atoms with Crippen LogP contribution in [0.25, 0.3) is 0 Å².